The molecule has 1 amide bonds. The van der Waals surface area contributed by atoms with Gasteiger partial charge in [-0.05, 0) is 0 Å². The Hall–Kier alpha value is -1.43. The maximum absolute atomic E-state index is 11.2. The van der Waals surface area contributed by atoms with Crippen LogP contribution in [-0.4, -0.2) is 28.5 Å². The van der Waals surface area contributed by atoms with Crippen molar-refractivity contribution in [3.63, 3.8) is 0 Å². The van der Waals surface area contributed by atoms with Gasteiger partial charge in [0.1, 0.15) is 4.88 Å². The van der Waals surface area contributed by atoms with E-state index in [0.29, 0.717) is 4.88 Å². The highest BCUT2D eigenvalue weighted by Gasteiger charge is 2.06. The lowest BCUT2D eigenvalue weighted by Crippen LogP contribution is -2.25. The molecule has 2 N–H and O–H groups in total. The molecular weight excluding hydrogens is 192 g/mol. The maximum Gasteiger partial charge on any atom is 0.305 e. The zero-order valence-corrected chi connectivity index (χ0v) is 7.50. The molecule has 6 heteroatoms. The first-order chi connectivity index (χ1) is 6.20. The average molecular weight is 200 g/mol. The van der Waals surface area contributed by atoms with Gasteiger partial charge in [0.25, 0.3) is 5.91 Å². The Bertz CT molecular complexity index is 297. The second kappa shape index (κ2) is 4.56. The Morgan fingerprint density at radius 1 is 1.62 bits per heavy atom. The van der Waals surface area contributed by atoms with E-state index in [-0.39, 0.29) is 18.9 Å². The predicted molar refractivity (Wildman–Crippen MR) is 46.7 cm³/mol. The average Bonchev–Trinajstić information content (AvgIpc) is 2.55. The monoisotopic (exact) mass is 200 g/mol. The SMILES string of the molecule is O=C(O)CCNC(=O)c1cncs1. The molecule has 1 aromatic rings. The summed E-state index contributed by atoms with van der Waals surface area (Å²) in [6.45, 7) is 0.145. The molecule has 0 atom stereocenters. The van der Waals surface area contributed by atoms with Crippen LogP contribution < -0.4 is 5.32 Å². The van der Waals surface area contributed by atoms with Crippen LogP contribution >= 0.6 is 11.3 Å². The Kier molecular flexibility index (Phi) is 3.39. The van der Waals surface area contributed by atoms with E-state index in [0.717, 1.165) is 0 Å². The summed E-state index contributed by atoms with van der Waals surface area (Å²) in [5.41, 5.74) is 1.55. The van der Waals surface area contributed by atoms with Gasteiger partial charge in [-0.3, -0.25) is 14.6 Å². The van der Waals surface area contributed by atoms with Crippen LogP contribution in [-0.2, 0) is 4.79 Å². The number of aromatic nitrogens is 1. The molecule has 0 aliphatic heterocycles. The van der Waals surface area contributed by atoms with E-state index in [1.807, 2.05) is 0 Å². The predicted octanol–water partition coefficient (Wildman–Crippen LogP) is 0.348. The lowest BCUT2D eigenvalue weighted by atomic mass is 10.4. The van der Waals surface area contributed by atoms with Crippen LogP contribution in [0.1, 0.15) is 16.1 Å². The number of aliphatic carboxylic acids is 1. The zero-order valence-electron chi connectivity index (χ0n) is 6.69. The largest absolute Gasteiger partial charge is 0.481 e. The Labute approximate surface area is 78.4 Å². The highest BCUT2D eigenvalue weighted by Crippen LogP contribution is 2.04. The van der Waals surface area contributed by atoms with Gasteiger partial charge in [-0.2, -0.15) is 0 Å². The first-order valence-corrected chi connectivity index (χ1v) is 4.46. The first-order valence-electron chi connectivity index (χ1n) is 3.58. The Morgan fingerprint density at radius 2 is 2.38 bits per heavy atom. The molecule has 1 rings (SSSR count). The quantitative estimate of drug-likeness (QED) is 0.734. The van der Waals surface area contributed by atoms with Gasteiger partial charge in [-0.15, -0.1) is 11.3 Å². The summed E-state index contributed by atoms with van der Waals surface area (Å²) in [4.78, 5) is 25.5. The molecule has 0 saturated heterocycles. The summed E-state index contributed by atoms with van der Waals surface area (Å²) in [5.74, 6) is -1.20. The first kappa shape index (κ1) is 9.66. The number of rotatable bonds is 4. The van der Waals surface area contributed by atoms with Gasteiger partial charge in [-0.25, -0.2) is 0 Å². The molecule has 1 heterocycles. The van der Waals surface area contributed by atoms with Gasteiger partial charge < -0.3 is 10.4 Å². The van der Waals surface area contributed by atoms with Crippen LogP contribution in [0.5, 0.6) is 0 Å². The molecule has 0 aliphatic rings. The minimum atomic E-state index is -0.926. The van der Waals surface area contributed by atoms with Gasteiger partial charge in [-0.1, -0.05) is 0 Å². The van der Waals surface area contributed by atoms with Gasteiger partial charge >= 0.3 is 5.97 Å². The molecule has 0 spiro atoms. The lowest BCUT2D eigenvalue weighted by Gasteiger charge is -1.99. The summed E-state index contributed by atoms with van der Waals surface area (Å²) in [7, 11) is 0. The number of nitrogens with zero attached hydrogens (tertiary/aromatic N) is 1. The van der Waals surface area contributed by atoms with Crippen LogP contribution in [0.15, 0.2) is 11.7 Å². The molecule has 70 valence electrons. The van der Waals surface area contributed by atoms with Gasteiger partial charge in [0.2, 0.25) is 0 Å². The topological polar surface area (TPSA) is 79.3 Å². The Balaban J connectivity index is 2.31. The number of carbonyl (C=O) groups excluding carboxylic acids is 1. The Morgan fingerprint density at radius 3 is 2.92 bits per heavy atom. The molecule has 0 bridgehead atoms. The van der Waals surface area contributed by atoms with E-state index in [1.54, 1.807) is 5.51 Å². The fraction of sp³-hybridized carbons (Fsp3) is 0.286. The summed E-state index contributed by atoms with van der Waals surface area (Å²) < 4.78 is 0. The van der Waals surface area contributed by atoms with E-state index < -0.39 is 5.97 Å². The molecule has 0 radical (unpaired) electrons. The molecule has 1 aromatic heterocycles. The number of hydrogen-bond acceptors (Lipinski definition) is 4. The number of thiazole rings is 1. The van der Waals surface area contributed by atoms with Gasteiger partial charge in [0.15, 0.2) is 0 Å². The van der Waals surface area contributed by atoms with Crippen LogP contribution in [0.25, 0.3) is 0 Å². The standard InChI is InChI=1S/C7H8N2O3S/c10-6(11)1-2-9-7(12)5-3-8-4-13-5/h3-4H,1-2H2,(H,9,12)(H,10,11). The van der Waals surface area contributed by atoms with Crippen molar-refractivity contribution in [1.82, 2.24) is 10.3 Å². The molecule has 0 unspecified atom stereocenters. The minimum Gasteiger partial charge on any atom is -0.481 e. The van der Waals surface area contributed by atoms with E-state index in [4.69, 9.17) is 5.11 Å². The third kappa shape index (κ3) is 3.20. The van der Waals surface area contributed by atoms with Crippen molar-refractivity contribution in [2.45, 2.75) is 6.42 Å². The van der Waals surface area contributed by atoms with E-state index in [2.05, 4.69) is 10.3 Å². The lowest BCUT2D eigenvalue weighted by molar-refractivity contribution is -0.136. The molecule has 5 nitrogen and oxygen atoms in total. The third-order valence-electron chi connectivity index (χ3n) is 1.28. The number of hydrogen-bond donors (Lipinski definition) is 2. The van der Waals surface area contributed by atoms with Crippen molar-refractivity contribution in [1.29, 1.82) is 0 Å². The van der Waals surface area contributed by atoms with E-state index in [1.165, 1.54) is 17.5 Å². The van der Waals surface area contributed by atoms with Crippen molar-refractivity contribution < 1.29 is 14.7 Å². The fourth-order valence-corrected chi connectivity index (χ4v) is 1.23. The summed E-state index contributed by atoms with van der Waals surface area (Å²) in [5, 5.41) is 10.8. The van der Waals surface area contributed by atoms with Crippen molar-refractivity contribution in [3.8, 4) is 0 Å². The molecule has 0 fully saturated rings. The summed E-state index contributed by atoms with van der Waals surface area (Å²) >= 11 is 1.22. The molecular formula is C7H8N2O3S. The number of amides is 1. The van der Waals surface area contributed by atoms with Crippen LogP contribution in [0.4, 0.5) is 0 Å². The molecule has 0 aromatic carbocycles. The molecule has 0 aliphatic carbocycles. The second-order valence-electron chi connectivity index (χ2n) is 2.27. The van der Waals surface area contributed by atoms with Gasteiger partial charge in [0.05, 0.1) is 18.1 Å². The van der Waals surface area contributed by atoms with Crippen molar-refractivity contribution in [2.24, 2.45) is 0 Å². The molecule has 13 heavy (non-hydrogen) atoms. The van der Waals surface area contributed by atoms with Crippen LogP contribution in [0.2, 0.25) is 0 Å². The van der Waals surface area contributed by atoms with Crippen LogP contribution in [0.3, 0.4) is 0 Å². The molecule has 0 saturated carbocycles. The van der Waals surface area contributed by atoms with Crippen molar-refractivity contribution >= 4 is 23.2 Å². The summed E-state index contributed by atoms with van der Waals surface area (Å²) in [6, 6.07) is 0. The summed E-state index contributed by atoms with van der Waals surface area (Å²) in [6.07, 6.45) is 1.38. The van der Waals surface area contributed by atoms with Crippen molar-refractivity contribution in [3.05, 3.63) is 16.6 Å². The van der Waals surface area contributed by atoms with Crippen molar-refractivity contribution in [2.75, 3.05) is 6.54 Å². The minimum absolute atomic E-state index is 0.0649. The van der Waals surface area contributed by atoms with E-state index in [9.17, 15) is 9.59 Å². The fourth-order valence-electron chi connectivity index (χ4n) is 0.698. The number of carboxylic acids is 1. The van der Waals surface area contributed by atoms with Gasteiger partial charge in [0, 0.05) is 6.54 Å². The third-order valence-corrected chi connectivity index (χ3v) is 2.05. The highest BCUT2D eigenvalue weighted by molar-refractivity contribution is 7.11. The highest BCUT2D eigenvalue weighted by atomic mass is 32.1. The smallest absolute Gasteiger partial charge is 0.305 e. The normalized spacial score (nSPS) is 9.54. The van der Waals surface area contributed by atoms with E-state index >= 15 is 0 Å². The van der Waals surface area contributed by atoms with Crippen LogP contribution in [0, 0.1) is 0 Å². The second-order valence-corrected chi connectivity index (χ2v) is 3.15. The number of carbonyl (C=O) groups is 2. The maximum atomic E-state index is 11.2. The number of carboxylic acid groups (broad SMARTS) is 1. The zero-order chi connectivity index (χ0) is 9.68. The number of nitrogens with one attached hydrogen (secondary N) is 1.